The number of pyridine rings is 1. The Morgan fingerprint density at radius 2 is 2.14 bits per heavy atom. The van der Waals surface area contributed by atoms with Crippen LogP contribution in [0.1, 0.15) is 5.69 Å². The summed E-state index contributed by atoms with van der Waals surface area (Å²) in [6.07, 6.45) is 1.92. The molecule has 0 unspecified atom stereocenters. The van der Waals surface area contributed by atoms with E-state index in [2.05, 4.69) is 26.0 Å². The Kier molecular flexibility index (Phi) is 2.37. The molecule has 4 heteroatoms. The molecule has 0 amide bonds. The van der Waals surface area contributed by atoms with Gasteiger partial charge in [0.2, 0.25) is 0 Å². The van der Waals surface area contributed by atoms with Gasteiger partial charge in [0.25, 0.3) is 0 Å². The van der Waals surface area contributed by atoms with Gasteiger partial charge in [-0.25, -0.2) is 0 Å². The summed E-state index contributed by atoms with van der Waals surface area (Å²) in [5.74, 6) is 0. The highest BCUT2D eigenvalue weighted by molar-refractivity contribution is 9.10. The lowest BCUT2D eigenvalue weighted by Gasteiger charge is -1.97. The first kappa shape index (κ1) is 9.40. The molecule has 0 atom stereocenters. The molecule has 0 aliphatic rings. The minimum atomic E-state index is 0.885. The smallest absolute Gasteiger partial charge is 0.125 e. The highest BCUT2D eigenvalue weighted by atomic mass is 79.9. The third-order valence-corrected chi connectivity index (χ3v) is 2.50. The first-order valence-electron chi connectivity index (χ1n) is 4.30. The standard InChI is InChI=1S/C10H10BrN3/c1-7-4-3-5-9(12-7)10-8(11)6-14(2)13-10/h3-6H,1-2H3. The predicted molar refractivity (Wildman–Crippen MR) is 58.9 cm³/mol. The number of aryl methyl sites for hydroxylation is 2. The summed E-state index contributed by atoms with van der Waals surface area (Å²) < 4.78 is 2.74. The van der Waals surface area contributed by atoms with Crippen molar-refractivity contribution in [1.29, 1.82) is 0 Å². The van der Waals surface area contributed by atoms with Gasteiger partial charge in [-0.2, -0.15) is 5.10 Å². The fourth-order valence-electron chi connectivity index (χ4n) is 1.31. The van der Waals surface area contributed by atoms with Gasteiger partial charge in [0.1, 0.15) is 5.69 Å². The highest BCUT2D eigenvalue weighted by Crippen LogP contribution is 2.24. The van der Waals surface area contributed by atoms with Crippen LogP contribution in [-0.4, -0.2) is 14.8 Å². The van der Waals surface area contributed by atoms with Crippen LogP contribution in [0.2, 0.25) is 0 Å². The molecule has 0 aliphatic heterocycles. The van der Waals surface area contributed by atoms with Crippen molar-refractivity contribution in [3.05, 3.63) is 34.6 Å². The first-order valence-corrected chi connectivity index (χ1v) is 5.09. The van der Waals surface area contributed by atoms with E-state index < -0.39 is 0 Å². The van der Waals surface area contributed by atoms with E-state index in [4.69, 9.17) is 0 Å². The van der Waals surface area contributed by atoms with Crippen molar-refractivity contribution in [2.75, 3.05) is 0 Å². The summed E-state index contributed by atoms with van der Waals surface area (Å²) in [5, 5.41) is 4.33. The molecule has 2 rings (SSSR count). The maximum Gasteiger partial charge on any atom is 0.125 e. The Morgan fingerprint density at radius 3 is 2.71 bits per heavy atom. The van der Waals surface area contributed by atoms with Gasteiger partial charge in [0, 0.05) is 18.9 Å². The van der Waals surface area contributed by atoms with E-state index in [1.54, 1.807) is 4.68 Å². The Bertz CT molecular complexity index is 462. The van der Waals surface area contributed by atoms with Crippen LogP contribution in [-0.2, 0) is 7.05 Å². The monoisotopic (exact) mass is 251 g/mol. The first-order chi connectivity index (χ1) is 6.66. The molecule has 0 aromatic carbocycles. The maximum atomic E-state index is 4.41. The van der Waals surface area contributed by atoms with E-state index >= 15 is 0 Å². The third kappa shape index (κ3) is 1.70. The lowest BCUT2D eigenvalue weighted by molar-refractivity contribution is 0.769. The average molecular weight is 252 g/mol. The fourth-order valence-corrected chi connectivity index (χ4v) is 1.89. The topological polar surface area (TPSA) is 30.7 Å². The third-order valence-electron chi connectivity index (χ3n) is 1.92. The molecule has 0 fully saturated rings. The van der Waals surface area contributed by atoms with Gasteiger partial charge in [-0.15, -0.1) is 0 Å². The van der Waals surface area contributed by atoms with Crippen molar-refractivity contribution < 1.29 is 0 Å². The Hall–Kier alpha value is -1.16. The number of hydrogen-bond acceptors (Lipinski definition) is 2. The molecule has 0 spiro atoms. The molecule has 2 heterocycles. The summed E-state index contributed by atoms with van der Waals surface area (Å²) >= 11 is 3.46. The van der Waals surface area contributed by atoms with Gasteiger partial charge in [0.05, 0.1) is 10.2 Å². The molecule has 0 bridgehead atoms. The van der Waals surface area contributed by atoms with E-state index in [0.29, 0.717) is 0 Å². The zero-order valence-corrected chi connectivity index (χ0v) is 9.62. The number of hydrogen-bond donors (Lipinski definition) is 0. The molecule has 14 heavy (non-hydrogen) atoms. The molecular weight excluding hydrogens is 242 g/mol. The SMILES string of the molecule is Cc1cccc(-c2nn(C)cc2Br)n1. The molecule has 3 nitrogen and oxygen atoms in total. The Labute approximate surface area is 90.9 Å². The van der Waals surface area contributed by atoms with Crippen LogP contribution in [0.3, 0.4) is 0 Å². The molecule has 0 saturated carbocycles. The van der Waals surface area contributed by atoms with Crippen molar-refractivity contribution in [2.24, 2.45) is 7.05 Å². The summed E-state index contributed by atoms with van der Waals surface area (Å²) in [4.78, 5) is 4.41. The number of halogens is 1. The molecular formula is C10H10BrN3. The van der Waals surface area contributed by atoms with Crippen LogP contribution in [0.25, 0.3) is 11.4 Å². The van der Waals surface area contributed by atoms with Crippen molar-refractivity contribution in [2.45, 2.75) is 6.92 Å². The van der Waals surface area contributed by atoms with Crippen LogP contribution in [0, 0.1) is 6.92 Å². The summed E-state index contributed by atoms with van der Waals surface area (Å²) in [5.41, 5.74) is 2.79. The van der Waals surface area contributed by atoms with Gasteiger partial charge in [-0.3, -0.25) is 9.67 Å². The van der Waals surface area contributed by atoms with Crippen LogP contribution < -0.4 is 0 Å². The van der Waals surface area contributed by atoms with E-state index in [1.165, 1.54) is 0 Å². The van der Waals surface area contributed by atoms with Gasteiger partial charge in [-0.05, 0) is 35.0 Å². The lowest BCUT2D eigenvalue weighted by Crippen LogP contribution is -1.90. The average Bonchev–Trinajstić information content (AvgIpc) is 2.45. The molecule has 2 aromatic heterocycles. The minimum absolute atomic E-state index is 0.885. The van der Waals surface area contributed by atoms with Crippen LogP contribution >= 0.6 is 15.9 Å². The quantitative estimate of drug-likeness (QED) is 0.780. The van der Waals surface area contributed by atoms with Gasteiger partial charge >= 0.3 is 0 Å². The number of rotatable bonds is 1. The lowest BCUT2D eigenvalue weighted by atomic mass is 10.2. The summed E-state index contributed by atoms with van der Waals surface area (Å²) in [7, 11) is 1.89. The highest BCUT2D eigenvalue weighted by Gasteiger charge is 2.08. The molecule has 0 N–H and O–H groups in total. The molecule has 0 saturated heterocycles. The van der Waals surface area contributed by atoms with Crippen LogP contribution in [0.15, 0.2) is 28.9 Å². The van der Waals surface area contributed by atoms with Crippen molar-refractivity contribution in [3.8, 4) is 11.4 Å². The Morgan fingerprint density at radius 1 is 1.36 bits per heavy atom. The van der Waals surface area contributed by atoms with Crippen LogP contribution in [0.4, 0.5) is 0 Å². The normalized spacial score (nSPS) is 10.5. The van der Waals surface area contributed by atoms with Crippen LogP contribution in [0.5, 0.6) is 0 Å². The van der Waals surface area contributed by atoms with E-state index in [9.17, 15) is 0 Å². The molecule has 0 aliphatic carbocycles. The largest absolute Gasteiger partial charge is 0.274 e. The maximum absolute atomic E-state index is 4.41. The zero-order chi connectivity index (χ0) is 10.1. The van der Waals surface area contributed by atoms with Crippen molar-refractivity contribution >= 4 is 15.9 Å². The second-order valence-corrected chi connectivity index (χ2v) is 4.02. The van der Waals surface area contributed by atoms with Crippen molar-refractivity contribution in [3.63, 3.8) is 0 Å². The van der Waals surface area contributed by atoms with Gasteiger partial charge < -0.3 is 0 Å². The van der Waals surface area contributed by atoms with Crippen molar-refractivity contribution in [1.82, 2.24) is 14.8 Å². The van der Waals surface area contributed by atoms with Gasteiger partial charge in [0.15, 0.2) is 0 Å². The van der Waals surface area contributed by atoms with Gasteiger partial charge in [-0.1, -0.05) is 6.07 Å². The van der Waals surface area contributed by atoms with E-state index in [-0.39, 0.29) is 0 Å². The molecule has 72 valence electrons. The molecule has 0 radical (unpaired) electrons. The minimum Gasteiger partial charge on any atom is -0.274 e. The Balaban J connectivity index is 2.54. The second kappa shape index (κ2) is 3.53. The second-order valence-electron chi connectivity index (χ2n) is 3.16. The number of nitrogens with zero attached hydrogens (tertiary/aromatic N) is 3. The summed E-state index contributed by atoms with van der Waals surface area (Å²) in [6, 6.07) is 5.92. The molecule has 2 aromatic rings. The summed E-state index contributed by atoms with van der Waals surface area (Å²) in [6.45, 7) is 1.97. The van der Waals surface area contributed by atoms with E-state index in [0.717, 1.165) is 21.6 Å². The zero-order valence-electron chi connectivity index (χ0n) is 8.03. The number of aromatic nitrogens is 3. The van der Waals surface area contributed by atoms with E-state index in [1.807, 2.05) is 38.4 Å². The fraction of sp³-hybridized carbons (Fsp3) is 0.200. The predicted octanol–water partition coefficient (Wildman–Crippen LogP) is 2.55.